The molecule has 2 rings (SSSR count). The Morgan fingerprint density at radius 2 is 1.67 bits per heavy atom. The summed E-state index contributed by atoms with van der Waals surface area (Å²) in [5.74, 6) is 0.986. The van der Waals surface area contributed by atoms with Crippen molar-refractivity contribution < 1.29 is 19.7 Å². The van der Waals surface area contributed by atoms with E-state index in [4.69, 9.17) is 9.47 Å². The molecule has 2 aromatic rings. The molecule has 0 saturated carbocycles. The average molecular weight is 246 g/mol. The van der Waals surface area contributed by atoms with Gasteiger partial charge in [0.2, 0.25) is 0 Å². The summed E-state index contributed by atoms with van der Waals surface area (Å²) >= 11 is 0. The average Bonchev–Trinajstić information content (AvgIpc) is 2.40. The minimum atomic E-state index is -0.156. The maximum atomic E-state index is 9.37. The zero-order valence-corrected chi connectivity index (χ0v) is 9.96. The van der Waals surface area contributed by atoms with Crippen molar-refractivity contribution >= 4 is 0 Å². The fraction of sp³-hybridized carbons (Fsp3) is 0.143. The van der Waals surface area contributed by atoms with Crippen molar-refractivity contribution in [1.82, 2.24) is 0 Å². The summed E-state index contributed by atoms with van der Waals surface area (Å²) in [6, 6.07) is 11.9. The molecule has 18 heavy (non-hydrogen) atoms. The van der Waals surface area contributed by atoms with Crippen LogP contribution in [-0.4, -0.2) is 17.3 Å². The van der Waals surface area contributed by atoms with Crippen molar-refractivity contribution in [2.75, 3.05) is 7.11 Å². The summed E-state index contributed by atoms with van der Waals surface area (Å²) in [4.78, 5) is 0. The van der Waals surface area contributed by atoms with Crippen LogP contribution in [0, 0.1) is 0 Å². The van der Waals surface area contributed by atoms with E-state index in [0.29, 0.717) is 11.5 Å². The molecule has 0 aliphatic heterocycles. The summed E-state index contributed by atoms with van der Waals surface area (Å²) in [6.45, 7) is 0.286. The first-order chi connectivity index (χ1) is 8.70. The molecular weight excluding hydrogens is 232 g/mol. The molecule has 0 spiro atoms. The molecule has 0 aromatic heterocycles. The molecule has 0 aliphatic carbocycles. The molecule has 2 aromatic carbocycles. The van der Waals surface area contributed by atoms with Gasteiger partial charge >= 0.3 is 0 Å². The Morgan fingerprint density at radius 3 is 2.33 bits per heavy atom. The third-order valence-electron chi connectivity index (χ3n) is 2.50. The summed E-state index contributed by atoms with van der Waals surface area (Å²) in [6.07, 6.45) is 0. The second-order valence-electron chi connectivity index (χ2n) is 3.76. The Labute approximate surface area is 105 Å². The van der Waals surface area contributed by atoms with Crippen molar-refractivity contribution in [3.8, 4) is 23.0 Å². The molecule has 0 atom stereocenters. The zero-order valence-electron chi connectivity index (χ0n) is 9.96. The first kappa shape index (κ1) is 12.1. The van der Waals surface area contributed by atoms with Crippen LogP contribution in [0.4, 0.5) is 0 Å². The number of ether oxygens (including phenoxy) is 2. The third-order valence-corrected chi connectivity index (χ3v) is 2.50. The largest absolute Gasteiger partial charge is 0.504 e. The van der Waals surface area contributed by atoms with Crippen LogP contribution in [0.2, 0.25) is 0 Å². The van der Waals surface area contributed by atoms with Crippen LogP contribution in [0.1, 0.15) is 5.56 Å². The van der Waals surface area contributed by atoms with E-state index in [2.05, 4.69) is 0 Å². The first-order valence-corrected chi connectivity index (χ1v) is 5.47. The number of benzene rings is 2. The molecule has 4 nitrogen and oxygen atoms in total. The van der Waals surface area contributed by atoms with Crippen LogP contribution in [0.25, 0.3) is 0 Å². The van der Waals surface area contributed by atoms with Gasteiger partial charge in [-0.25, -0.2) is 0 Å². The second kappa shape index (κ2) is 5.31. The lowest BCUT2D eigenvalue weighted by molar-refractivity contribution is 0.283. The van der Waals surface area contributed by atoms with E-state index in [0.717, 1.165) is 5.56 Å². The van der Waals surface area contributed by atoms with Crippen LogP contribution < -0.4 is 9.47 Å². The van der Waals surface area contributed by atoms with Gasteiger partial charge in [-0.1, -0.05) is 18.2 Å². The Kier molecular flexibility index (Phi) is 3.57. The van der Waals surface area contributed by atoms with Crippen molar-refractivity contribution in [1.29, 1.82) is 0 Å². The van der Waals surface area contributed by atoms with Crippen LogP contribution in [0.3, 0.4) is 0 Å². The highest BCUT2D eigenvalue weighted by Crippen LogP contribution is 2.28. The van der Waals surface area contributed by atoms with Gasteiger partial charge in [-0.3, -0.25) is 0 Å². The van der Waals surface area contributed by atoms with E-state index in [-0.39, 0.29) is 18.1 Å². The molecule has 0 saturated heterocycles. The van der Waals surface area contributed by atoms with Gasteiger partial charge in [-0.15, -0.1) is 0 Å². The Hall–Kier alpha value is -2.36. The molecule has 0 unspecified atom stereocenters. The van der Waals surface area contributed by atoms with E-state index in [1.54, 1.807) is 19.2 Å². The predicted molar refractivity (Wildman–Crippen MR) is 67.1 cm³/mol. The predicted octanol–water partition coefficient (Wildman–Crippen LogP) is 2.69. The molecule has 0 amide bonds. The molecule has 94 valence electrons. The highest BCUT2D eigenvalue weighted by molar-refractivity contribution is 5.42. The quantitative estimate of drug-likeness (QED) is 0.814. The summed E-state index contributed by atoms with van der Waals surface area (Å²) in [7, 11) is 1.58. The van der Waals surface area contributed by atoms with Gasteiger partial charge in [0.15, 0.2) is 23.0 Å². The van der Waals surface area contributed by atoms with Gasteiger partial charge in [-0.2, -0.15) is 0 Å². The number of para-hydroxylation sites is 2. The maximum absolute atomic E-state index is 9.37. The zero-order chi connectivity index (χ0) is 13.0. The Bertz CT molecular complexity index is 537. The van der Waals surface area contributed by atoms with Crippen LogP contribution in [0.15, 0.2) is 42.5 Å². The molecule has 0 radical (unpaired) electrons. The number of hydrogen-bond donors (Lipinski definition) is 2. The number of aromatic hydroxyl groups is 2. The number of hydrogen-bond acceptors (Lipinski definition) is 4. The van der Waals surface area contributed by atoms with E-state index < -0.39 is 0 Å². The topological polar surface area (TPSA) is 58.9 Å². The minimum Gasteiger partial charge on any atom is -0.504 e. The molecular formula is C14H14O4. The summed E-state index contributed by atoms with van der Waals surface area (Å²) < 4.78 is 10.8. The van der Waals surface area contributed by atoms with Crippen molar-refractivity contribution in [3.63, 3.8) is 0 Å². The van der Waals surface area contributed by atoms with Crippen LogP contribution in [0.5, 0.6) is 23.0 Å². The molecule has 0 heterocycles. The van der Waals surface area contributed by atoms with Crippen molar-refractivity contribution in [3.05, 3.63) is 48.0 Å². The fourth-order valence-corrected chi connectivity index (χ4v) is 1.56. The standard InChI is InChI=1S/C14H14O4/c1-17-13-4-2-3-5-14(13)18-9-10-6-7-11(15)12(16)8-10/h2-8,15-16H,9H2,1H3. The van der Waals surface area contributed by atoms with Crippen molar-refractivity contribution in [2.45, 2.75) is 6.61 Å². The number of rotatable bonds is 4. The van der Waals surface area contributed by atoms with Gasteiger partial charge < -0.3 is 19.7 Å². The molecule has 0 bridgehead atoms. The molecule has 0 aliphatic rings. The normalized spacial score (nSPS) is 10.1. The summed E-state index contributed by atoms with van der Waals surface area (Å²) in [5.41, 5.74) is 0.760. The van der Waals surface area contributed by atoms with Crippen molar-refractivity contribution in [2.24, 2.45) is 0 Å². The SMILES string of the molecule is COc1ccccc1OCc1ccc(O)c(O)c1. The number of phenols is 2. The van der Waals surface area contributed by atoms with Crippen LogP contribution in [-0.2, 0) is 6.61 Å². The Morgan fingerprint density at radius 1 is 0.944 bits per heavy atom. The number of methoxy groups -OCH3 is 1. The molecule has 4 heteroatoms. The maximum Gasteiger partial charge on any atom is 0.161 e. The number of phenolic OH excluding ortho intramolecular Hbond substituents is 2. The first-order valence-electron chi connectivity index (χ1n) is 5.47. The lowest BCUT2D eigenvalue weighted by atomic mass is 10.2. The van der Waals surface area contributed by atoms with E-state index in [1.165, 1.54) is 12.1 Å². The highest BCUT2D eigenvalue weighted by atomic mass is 16.5. The monoisotopic (exact) mass is 246 g/mol. The second-order valence-corrected chi connectivity index (χ2v) is 3.76. The highest BCUT2D eigenvalue weighted by Gasteiger charge is 2.04. The fourth-order valence-electron chi connectivity index (χ4n) is 1.56. The lowest BCUT2D eigenvalue weighted by Gasteiger charge is -2.10. The van der Waals surface area contributed by atoms with Gasteiger partial charge in [0.25, 0.3) is 0 Å². The van der Waals surface area contributed by atoms with Gasteiger partial charge in [0.05, 0.1) is 7.11 Å². The van der Waals surface area contributed by atoms with E-state index >= 15 is 0 Å². The lowest BCUT2D eigenvalue weighted by Crippen LogP contribution is -1.97. The smallest absolute Gasteiger partial charge is 0.161 e. The van der Waals surface area contributed by atoms with E-state index in [9.17, 15) is 10.2 Å². The third kappa shape index (κ3) is 2.66. The van der Waals surface area contributed by atoms with E-state index in [1.807, 2.05) is 18.2 Å². The minimum absolute atomic E-state index is 0.143. The van der Waals surface area contributed by atoms with Gasteiger partial charge in [-0.05, 0) is 29.8 Å². The molecule has 2 N–H and O–H groups in total. The van der Waals surface area contributed by atoms with Gasteiger partial charge in [0.1, 0.15) is 6.61 Å². The summed E-state index contributed by atoms with van der Waals surface area (Å²) in [5, 5.41) is 18.6. The molecule has 0 fully saturated rings. The van der Waals surface area contributed by atoms with Gasteiger partial charge in [0, 0.05) is 0 Å². The Balaban J connectivity index is 2.09. The van der Waals surface area contributed by atoms with Crippen LogP contribution >= 0.6 is 0 Å².